The second-order valence-electron chi connectivity index (χ2n) is 21.6. The number of esters is 3. The first-order valence-electron chi connectivity index (χ1n) is 33.2. The monoisotopic (exact) mass is 1110 g/mol. The summed E-state index contributed by atoms with van der Waals surface area (Å²) in [6.07, 6.45) is 94.8. The van der Waals surface area contributed by atoms with E-state index in [2.05, 4.69) is 154 Å². The second kappa shape index (κ2) is 67.1. The molecule has 0 fully saturated rings. The third kappa shape index (κ3) is 64.4. The van der Waals surface area contributed by atoms with E-state index >= 15 is 0 Å². The van der Waals surface area contributed by atoms with E-state index in [-0.39, 0.29) is 31.1 Å². The number of hydrogen-bond donors (Lipinski definition) is 0. The zero-order chi connectivity index (χ0) is 57.8. The van der Waals surface area contributed by atoms with Gasteiger partial charge in [0.05, 0.1) is 0 Å². The Morgan fingerprint density at radius 2 is 0.487 bits per heavy atom. The number of hydrogen-bond acceptors (Lipinski definition) is 6. The molecule has 0 aliphatic carbocycles. The number of rotatable bonds is 59. The lowest BCUT2D eigenvalue weighted by Crippen LogP contribution is -2.30. The van der Waals surface area contributed by atoms with Gasteiger partial charge in [-0.3, -0.25) is 14.4 Å². The fourth-order valence-electron chi connectivity index (χ4n) is 9.00. The Kier molecular flexibility index (Phi) is 63.3. The fourth-order valence-corrected chi connectivity index (χ4v) is 9.00. The van der Waals surface area contributed by atoms with Gasteiger partial charge in [-0.2, -0.15) is 0 Å². The van der Waals surface area contributed by atoms with Crippen LogP contribution in [0.1, 0.15) is 297 Å². The molecule has 0 aromatic rings. The van der Waals surface area contributed by atoms with Crippen LogP contribution in [-0.4, -0.2) is 37.2 Å². The largest absolute Gasteiger partial charge is 0.462 e. The van der Waals surface area contributed by atoms with Crippen molar-refractivity contribution in [2.45, 2.75) is 303 Å². The van der Waals surface area contributed by atoms with Crippen molar-refractivity contribution in [1.82, 2.24) is 0 Å². The highest BCUT2D eigenvalue weighted by molar-refractivity contribution is 5.71. The number of ether oxygens (including phenoxy) is 3. The first kappa shape index (κ1) is 75.5. The quantitative estimate of drug-likeness (QED) is 0.0261. The van der Waals surface area contributed by atoms with Crippen molar-refractivity contribution in [1.29, 1.82) is 0 Å². The minimum Gasteiger partial charge on any atom is -0.462 e. The molecular weight excluding hydrogens is 985 g/mol. The van der Waals surface area contributed by atoms with Crippen molar-refractivity contribution in [3.05, 3.63) is 134 Å². The van der Waals surface area contributed by atoms with Crippen LogP contribution in [0.4, 0.5) is 0 Å². The van der Waals surface area contributed by atoms with Gasteiger partial charge in [0.2, 0.25) is 0 Å². The molecule has 0 heterocycles. The van der Waals surface area contributed by atoms with Crippen molar-refractivity contribution in [3.8, 4) is 0 Å². The molecule has 0 aliphatic heterocycles. The molecule has 0 amide bonds. The Morgan fingerprint density at radius 1 is 0.263 bits per heavy atom. The lowest BCUT2D eigenvalue weighted by Gasteiger charge is -2.18. The summed E-state index contributed by atoms with van der Waals surface area (Å²) in [5.74, 6) is -0.914. The zero-order valence-corrected chi connectivity index (χ0v) is 52.0. The Morgan fingerprint density at radius 3 is 0.762 bits per heavy atom. The summed E-state index contributed by atoms with van der Waals surface area (Å²) >= 11 is 0. The predicted octanol–water partition coefficient (Wildman–Crippen LogP) is 22.9. The molecule has 0 aliphatic rings. The van der Waals surface area contributed by atoms with Crippen LogP contribution in [0.3, 0.4) is 0 Å². The highest BCUT2D eigenvalue weighted by Crippen LogP contribution is 2.16. The van der Waals surface area contributed by atoms with Gasteiger partial charge in [-0.1, -0.05) is 296 Å². The lowest BCUT2D eigenvalue weighted by atomic mass is 10.0. The molecule has 6 heteroatoms. The van der Waals surface area contributed by atoms with E-state index < -0.39 is 6.10 Å². The molecular formula is C74H122O6. The van der Waals surface area contributed by atoms with Crippen molar-refractivity contribution in [2.24, 2.45) is 0 Å². The van der Waals surface area contributed by atoms with Gasteiger partial charge in [-0.15, -0.1) is 0 Å². The summed E-state index contributed by atoms with van der Waals surface area (Å²) in [5, 5.41) is 0. The number of allylic oxidation sites excluding steroid dienone is 22. The SMILES string of the molecule is CC/C=C\C/C=C\C/C=C\C/C=C\C/C=C\C/C=C\CCCCCCC(=O)OC(COC(=O)CCCCCCCCCC)COC(=O)CCCCCCCCCCCCCCCCC/C=C\C/C=C\C/C=C\C/C=C\C/C=C\CC. The highest BCUT2D eigenvalue weighted by Gasteiger charge is 2.19. The van der Waals surface area contributed by atoms with Gasteiger partial charge in [-0.05, 0) is 116 Å². The van der Waals surface area contributed by atoms with E-state index in [4.69, 9.17) is 14.2 Å². The van der Waals surface area contributed by atoms with Crippen LogP contribution in [-0.2, 0) is 28.6 Å². The summed E-state index contributed by atoms with van der Waals surface area (Å²) in [6.45, 7) is 6.37. The predicted molar refractivity (Wildman–Crippen MR) is 348 cm³/mol. The highest BCUT2D eigenvalue weighted by atomic mass is 16.6. The normalized spacial score (nSPS) is 13.0. The van der Waals surface area contributed by atoms with Crippen LogP contribution in [0, 0.1) is 0 Å². The van der Waals surface area contributed by atoms with Gasteiger partial charge in [0.1, 0.15) is 13.2 Å². The maximum atomic E-state index is 12.9. The number of carbonyl (C=O) groups is 3. The third-order valence-corrected chi connectivity index (χ3v) is 13.9. The molecule has 6 nitrogen and oxygen atoms in total. The lowest BCUT2D eigenvalue weighted by molar-refractivity contribution is -0.167. The molecule has 0 aromatic heterocycles. The average Bonchev–Trinajstić information content (AvgIpc) is 3.46. The molecule has 0 saturated carbocycles. The van der Waals surface area contributed by atoms with Crippen LogP contribution >= 0.6 is 0 Å². The molecule has 1 atom stereocenters. The van der Waals surface area contributed by atoms with Crippen LogP contribution < -0.4 is 0 Å². The van der Waals surface area contributed by atoms with Gasteiger partial charge in [-0.25, -0.2) is 0 Å². The van der Waals surface area contributed by atoms with Gasteiger partial charge >= 0.3 is 17.9 Å². The number of unbranched alkanes of at least 4 members (excludes halogenated alkanes) is 26. The van der Waals surface area contributed by atoms with Crippen LogP contribution in [0.15, 0.2) is 134 Å². The standard InChI is InChI=1S/C74H122O6/c1-4-7-10-13-16-19-21-23-25-27-29-31-33-34-35-36-37-38-39-40-42-43-45-47-49-51-53-55-58-61-64-67-73(76)79-70-71(69-78-72(75)66-63-60-57-18-15-12-9-6-3)80-74(77)68-65-62-59-56-54-52-50-48-46-44-41-32-30-28-26-24-22-20-17-14-11-8-5-2/h7-8,10-11,16-17,19-20,23-26,29-32,34-35,44,46,50,52,71H,4-6,9,12-15,18,21-22,27-28,33,36-43,45,47-49,51,53-70H2,1-3H3/b10-7-,11-8-,19-16-,20-17-,25-23-,26-24-,31-29-,32-30-,35-34-,46-44-,52-50-. The van der Waals surface area contributed by atoms with Crippen LogP contribution in [0.25, 0.3) is 0 Å². The minimum absolute atomic E-state index is 0.0890. The maximum Gasteiger partial charge on any atom is 0.306 e. The summed E-state index contributed by atoms with van der Waals surface area (Å²) in [4.78, 5) is 38.2. The zero-order valence-electron chi connectivity index (χ0n) is 52.0. The summed E-state index contributed by atoms with van der Waals surface area (Å²) in [7, 11) is 0. The van der Waals surface area contributed by atoms with E-state index in [1.165, 1.54) is 116 Å². The molecule has 1 unspecified atom stereocenters. The van der Waals surface area contributed by atoms with E-state index in [9.17, 15) is 14.4 Å². The van der Waals surface area contributed by atoms with E-state index in [1.54, 1.807) is 0 Å². The fraction of sp³-hybridized carbons (Fsp3) is 0.662. The van der Waals surface area contributed by atoms with Crippen molar-refractivity contribution in [3.63, 3.8) is 0 Å². The van der Waals surface area contributed by atoms with Gasteiger partial charge in [0.25, 0.3) is 0 Å². The van der Waals surface area contributed by atoms with E-state index in [0.29, 0.717) is 19.3 Å². The maximum absolute atomic E-state index is 12.9. The molecule has 0 bridgehead atoms. The molecule has 80 heavy (non-hydrogen) atoms. The van der Waals surface area contributed by atoms with Crippen LogP contribution in [0.5, 0.6) is 0 Å². The van der Waals surface area contributed by atoms with Gasteiger partial charge in [0.15, 0.2) is 6.10 Å². The molecule has 0 saturated heterocycles. The Hall–Kier alpha value is -4.45. The minimum atomic E-state index is -0.793. The van der Waals surface area contributed by atoms with Crippen molar-refractivity contribution >= 4 is 17.9 Å². The Balaban J connectivity index is 4.18. The average molecular weight is 1110 g/mol. The van der Waals surface area contributed by atoms with E-state index in [0.717, 1.165) is 141 Å². The molecule has 0 rings (SSSR count). The van der Waals surface area contributed by atoms with Crippen LogP contribution in [0.2, 0.25) is 0 Å². The van der Waals surface area contributed by atoms with Crippen molar-refractivity contribution in [2.75, 3.05) is 13.2 Å². The molecule has 0 N–H and O–H groups in total. The molecule has 454 valence electrons. The second-order valence-corrected chi connectivity index (χ2v) is 21.6. The van der Waals surface area contributed by atoms with E-state index in [1.807, 2.05) is 0 Å². The third-order valence-electron chi connectivity index (χ3n) is 13.9. The Bertz CT molecular complexity index is 1700. The summed E-state index contributed by atoms with van der Waals surface area (Å²) in [5.41, 5.74) is 0. The van der Waals surface area contributed by atoms with Gasteiger partial charge in [0, 0.05) is 19.3 Å². The molecule has 0 radical (unpaired) electrons. The molecule has 0 aromatic carbocycles. The smallest absolute Gasteiger partial charge is 0.306 e. The summed E-state index contributed by atoms with van der Waals surface area (Å²) in [6, 6.07) is 0. The topological polar surface area (TPSA) is 78.9 Å². The Labute approximate surface area is 494 Å². The molecule has 0 spiro atoms. The van der Waals surface area contributed by atoms with Crippen molar-refractivity contribution < 1.29 is 28.6 Å². The van der Waals surface area contributed by atoms with Gasteiger partial charge < -0.3 is 14.2 Å². The first-order valence-corrected chi connectivity index (χ1v) is 33.2. The summed E-state index contributed by atoms with van der Waals surface area (Å²) < 4.78 is 16.9. The first-order chi connectivity index (χ1) is 39.5. The number of carbonyl (C=O) groups excluding carboxylic acids is 3.